The topological polar surface area (TPSA) is 82.9 Å². The fourth-order valence-corrected chi connectivity index (χ4v) is 5.15. The summed E-state index contributed by atoms with van der Waals surface area (Å²) in [5, 5.41) is 12.8. The van der Waals surface area contributed by atoms with E-state index in [1.807, 2.05) is 37.8 Å². The highest BCUT2D eigenvalue weighted by molar-refractivity contribution is 6.34. The van der Waals surface area contributed by atoms with Crippen molar-refractivity contribution in [2.45, 2.75) is 32.9 Å². The van der Waals surface area contributed by atoms with E-state index in [4.69, 9.17) is 11.6 Å². The van der Waals surface area contributed by atoms with Crippen molar-refractivity contribution in [2.24, 2.45) is 7.05 Å². The molecule has 0 bridgehead atoms. The van der Waals surface area contributed by atoms with Crippen molar-refractivity contribution >= 4 is 28.9 Å². The van der Waals surface area contributed by atoms with E-state index >= 15 is 0 Å². The van der Waals surface area contributed by atoms with Crippen molar-refractivity contribution in [1.82, 2.24) is 24.5 Å². The smallest absolute Gasteiger partial charge is 0.383 e. The number of benzene rings is 2. The summed E-state index contributed by atoms with van der Waals surface area (Å²) >= 11 is 6.14. The minimum Gasteiger partial charge on any atom is -0.383 e. The first-order valence-corrected chi connectivity index (χ1v) is 13.4. The van der Waals surface area contributed by atoms with Gasteiger partial charge in [-0.2, -0.15) is 18.3 Å². The summed E-state index contributed by atoms with van der Waals surface area (Å²) < 4.78 is 45.0. The zero-order chi connectivity index (χ0) is 28.6. The number of likely N-dealkylation sites (tertiary alicyclic amines) is 1. The molecular weight excluding hydrogens is 543 g/mol. The van der Waals surface area contributed by atoms with Gasteiger partial charge in [0.05, 0.1) is 40.0 Å². The Kier molecular flexibility index (Phi) is 7.70. The van der Waals surface area contributed by atoms with E-state index in [0.29, 0.717) is 18.8 Å². The lowest BCUT2D eigenvalue weighted by Gasteiger charge is -2.20. The predicted octanol–water partition coefficient (Wildman–Crippen LogP) is 6.25. The molecule has 8 nitrogen and oxygen atoms in total. The molecule has 1 aliphatic heterocycles. The maximum atomic E-state index is 13.8. The lowest BCUT2D eigenvalue weighted by Crippen LogP contribution is -2.26. The van der Waals surface area contributed by atoms with Crippen LogP contribution in [0.25, 0.3) is 16.9 Å². The van der Waals surface area contributed by atoms with Crippen molar-refractivity contribution in [2.75, 3.05) is 36.8 Å². The van der Waals surface area contributed by atoms with Crippen molar-refractivity contribution in [1.29, 1.82) is 0 Å². The molecule has 0 unspecified atom stereocenters. The molecular formula is C28H31ClF3N7O. The average Bonchev–Trinajstić information content (AvgIpc) is 3.51. The highest BCUT2D eigenvalue weighted by Gasteiger charge is 2.35. The zero-order valence-corrected chi connectivity index (χ0v) is 23.2. The second kappa shape index (κ2) is 11.1. The molecule has 0 aliphatic carbocycles. The maximum absolute atomic E-state index is 13.8. The van der Waals surface area contributed by atoms with E-state index in [-0.39, 0.29) is 11.3 Å². The first-order valence-electron chi connectivity index (χ1n) is 13.1. The molecule has 1 amide bonds. The summed E-state index contributed by atoms with van der Waals surface area (Å²) in [7, 11) is 1.87. The number of hydrogen-bond acceptors (Lipinski definition) is 4. The summed E-state index contributed by atoms with van der Waals surface area (Å²) in [5.41, 5.74) is 3.97. The molecule has 40 heavy (non-hydrogen) atoms. The molecule has 12 heteroatoms. The average molecular weight is 574 g/mol. The number of halogens is 4. The van der Waals surface area contributed by atoms with Crippen LogP contribution in [0.5, 0.6) is 0 Å². The number of aromatic amines is 1. The number of nitrogens with one attached hydrogen (secondary N) is 3. The Morgan fingerprint density at radius 3 is 2.52 bits per heavy atom. The third kappa shape index (κ3) is 5.75. The first-order chi connectivity index (χ1) is 19.0. The van der Waals surface area contributed by atoms with E-state index in [2.05, 4.69) is 25.7 Å². The van der Waals surface area contributed by atoms with Crippen molar-refractivity contribution < 1.29 is 18.0 Å². The van der Waals surface area contributed by atoms with Crippen LogP contribution in [0.15, 0.2) is 42.7 Å². The van der Waals surface area contributed by atoms with Crippen LogP contribution in [0.4, 0.5) is 24.5 Å². The number of nitrogens with zero attached hydrogens (tertiary/aromatic N) is 4. The van der Waals surface area contributed by atoms with E-state index in [1.54, 1.807) is 23.0 Å². The van der Waals surface area contributed by atoms with Gasteiger partial charge in [-0.05, 0) is 69.6 Å². The molecule has 1 aliphatic rings. The highest BCUT2D eigenvalue weighted by Crippen LogP contribution is 2.39. The molecule has 3 heterocycles. The van der Waals surface area contributed by atoms with Crippen LogP contribution < -0.4 is 10.6 Å². The second-order valence-corrected chi connectivity index (χ2v) is 10.5. The third-order valence-corrected chi connectivity index (χ3v) is 7.74. The predicted molar refractivity (Wildman–Crippen MR) is 150 cm³/mol. The number of aryl methyl sites for hydroxylation is 2. The standard InChI is InChI=1S/C28H31ClF3N7O/c1-17-6-7-20(14-25(17)39-16-24(36-39)21-15-34-37(3)18(21)2)35-27(40)19-12-22(28(30,31)32)26(29)23(13-19)33-8-11-38-9-4-5-10-38/h6-7,12-16,33,36H,4-5,8-11H2,1-3H3,(H,35,40). The van der Waals surface area contributed by atoms with Gasteiger partial charge in [-0.15, -0.1) is 0 Å². The van der Waals surface area contributed by atoms with E-state index in [0.717, 1.165) is 60.2 Å². The van der Waals surface area contributed by atoms with Crippen LogP contribution in [0.1, 0.15) is 40.0 Å². The van der Waals surface area contributed by atoms with Gasteiger partial charge in [0.15, 0.2) is 0 Å². The number of amides is 1. The van der Waals surface area contributed by atoms with Gasteiger partial charge in [0.25, 0.3) is 5.91 Å². The summed E-state index contributed by atoms with van der Waals surface area (Å²) in [6.07, 6.45) is 1.23. The van der Waals surface area contributed by atoms with Gasteiger partial charge in [-0.25, -0.2) is 0 Å². The summed E-state index contributed by atoms with van der Waals surface area (Å²) in [4.78, 5) is 15.4. The van der Waals surface area contributed by atoms with E-state index in [9.17, 15) is 18.0 Å². The molecule has 5 rings (SSSR count). The van der Waals surface area contributed by atoms with Crippen molar-refractivity contribution in [3.05, 3.63) is 70.1 Å². The van der Waals surface area contributed by atoms with Crippen molar-refractivity contribution in [3.63, 3.8) is 0 Å². The van der Waals surface area contributed by atoms with Crippen molar-refractivity contribution in [3.8, 4) is 16.9 Å². The van der Waals surface area contributed by atoms with Crippen LogP contribution in [0.2, 0.25) is 5.02 Å². The fourth-order valence-electron chi connectivity index (χ4n) is 4.87. The SMILES string of the molecule is Cc1ccc(NC(=O)c2cc(NCCN3CCCC3)c(Cl)c(C(F)(F)F)c2)cc1-n1cc(-c2cnn(C)c2C)[nH]1. The zero-order valence-electron chi connectivity index (χ0n) is 22.5. The number of anilines is 2. The van der Waals surface area contributed by atoms with Gasteiger partial charge in [0, 0.05) is 42.6 Å². The highest BCUT2D eigenvalue weighted by atomic mass is 35.5. The Morgan fingerprint density at radius 1 is 1.15 bits per heavy atom. The molecule has 4 aromatic rings. The number of carbonyl (C=O) groups excluding carboxylic acids is 1. The molecule has 2 aromatic carbocycles. The minimum absolute atomic E-state index is 0.0820. The van der Waals surface area contributed by atoms with E-state index < -0.39 is 22.7 Å². The maximum Gasteiger partial charge on any atom is 0.417 e. The van der Waals surface area contributed by atoms with Gasteiger partial charge in [0.2, 0.25) is 0 Å². The second-order valence-electron chi connectivity index (χ2n) is 10.1. The first kappa shape index (κ1) is 27.9. The normalized spacial score (nSPS) is 14.2. The molecule has 0 spiro atoms. The molecule has 1 saturated heterocycles. The van der Waals surface area contributed by atoms with Gasteiger partial charge in [-0.3, -0.25) is 19.3 Å². The van der Waals surface area contributed by atoms with Gasteiger partial charge in [0.1, 0.15) is 0 Å². The molecule has 0 radical (unpaired) electrons. The van der Waals surface area contributed by atoms with Crippen LogP contribution in [-0.2, 0) is 13.2 Å². The number of rotatable bonds is 8. The monoisotopic (exact) mass is 573 g/mol. The number of H-pyrrole nitrogens is 1. The van der Waals surface area contributed by atoms with Gasteiger partial charge in [-0.1, -0.05) is 17.7 Å². The Hall–Kier alpha value is -3.70. The molecule has 2 aromatic heterocycles. The summed E-state index contributed by atoms with van der Waals surface area (Å²) in [6.45, 7) is 6.94. The molecule has 212 valence electrons. The lowest BCUT2D eigenvalue weighted by atomic mass is 10.1. The van der Waals surface area contributed by atoms with Crippen LogP contribution >= 0.6 is 11.6 Å². The fraction of sp³-hybridized carbons (Fsp3) is 0.357. The largest absolute Gasteiger partial charge is 0.417 e. The van der Waals surface area contributed by atoms with Crippen LogP contribution in [0, 0.1) is 13.8 Å². The Labute approximate surface area is 235 Å². The van der Waals surface area contributed by atoms with Crippen LogP contribution in [0.3, 0.4) is 0 Å². The third-order valence-electron chi connectivity index (χ3n) is 7.33. The lowest BCUT2D eigenvalue weighted by molar-refractivity contribution is -0.137. The van der Waals surface area contributed by atoms with Gasteiger partial charge >= 0.3 is 6.18 Å². The Morgan fingerprint density at radius 2 is 1.88 bits per heavy atom. The molecule has 0 saturated carbocycles. The Balaban J connectivity index is 1.35. The summed E-state index contributed by atoms with van der Waals surface area (Å²) in [5.74, 6) is -0.668. The number of aromatic nitrogens is 4. The number of carbonyl (C=O) groups is 1. The quantitative estimate of drug-likeness (QED) is 0.232. The molecule has 1 fully saturated rings. The van der Waals surface area contributed by atoms with E-state index in [1.165, 1.54) is 6.07 Å². The number of alkyl halides is 3. The molecule has 3 N–H and O–H groups in total. The minimum atomic E-state index is -4.71. The Bertz CT molecular complexity index is 1520. The van der Waals surface area contributed by atoms with Crippen LogP contribution in [-0.4, -0.2) is 56.5 Å². The molecule has 0 atom stereocenters. The summed E-state index contributed by atoms with van der Waals surface area (Å²) in [6, 6.07) is 7.47. The van der Waals surface area contributed by atoms with Gasteiger partial charge < -0.3 is 15.5 Å². The number of hydrogen-bond donors (Lipinski definition) is 3.